The number of carbonyl (C=O) groups excluding carboxylic acids is 1. The summed E-state index contributed by atoms with van der Waals surface area (Å²) in [5.74, 6) is 4.68. The van der Waals surface area contributed by atoms with Gasteiger partial charge in [0.15, 0.2) is 0 Å². The van der Waals surface area contributed by atoms with Gasteiger partial charge in [-0.1, -0.05) is 29.4 Å². The van der Waals surface area contributed by atoms with Gasteiger partial charge < -0.3 is 0 Å². The number of hydrogen-bond acceptors (Lipinski definition) is 3. The maximum atomic E-state index is 11.2. The Balaban J connectivity index is 2.78. The predicted octanol–water partition coefficient (Wildman–Crippen LogP) is 1.61. The Bertz CT molecular complexity index is 448. The lowest BCUT2D eigenvalue weighted by molar-refractivity contribution is 0.0953. The standard InChI is InChI=1S/C10H11N5O/c11-14-10(16)9-5-1-3-8(7-9)4-2-6-13-15-12/h1-5,7H,6,11H2,(H,14,16). The molecule has 0 saturated carbocycles. The maximum Gasteiger partial charge on any atom is 0.265 e. The Morgan fingerprint density at radius 1 is 1.62 bits per heavy atom. The number of nitrogen functional groups attached to an aromatic ring is 1. The largest absolute Gasteiger partial charge is 0.290 e. The summed E-state index contributed by atoms with van der Waals surface area (Å²) in [6, 6.07) is 6.93. The molecule has 6 heteroatoms. The second-order valence-corrected chi connectivity index (χ2v) is 2.91. The second-order valence-electron chi connectivity index (χ2n) is 2.91. The Labute approximate surface area is 92.4 Å². The van der Waals surface area contributed by atoms with Crippen molar-refractivity contribution in [1.82, 2.24) is 5.43 Å². The predicted molar refractivity (Wildman–Crippen MR) is 61.1 cm³/mol. The van der Waals surface area contributed by atoms with Gasteiger partial charge in [0.05, 0.1) is 0 Å². The highest BCUT2D eigenvalue weighted by atomic mass is 16.2. The third kappa shape index (κ3) is 3.45. The molecule has 1 aromatic rings. The molecule has 3 N–H and O–H groups in total. The van der Waals surface area contributed by atoms with Gasteiger partial charge in [0.1, 0.15) is 0 Å². The molecule has 0 saturated heterocycles. The molecule has 0 radical (unpaired) electrons. The van der Waals surface area contributed by atoms with Crippen LogP contribution >= 0.6 is 0 Å². The minimum absolute atomic E-state index is 0.282. The van der Waals surface area contributed by atoms with Crippen LogP contribution in [0, 0.1) is 0 Å². The summed E-state index contributed by atoms with van der Waals surface area (Å²) in [4.78, 5) is 13.8. The highest BCUT2D eigenvalue weighted by Crippen LogP contribution is 2.06. The van der Waals surface area contributed by atoms with Gasteiger partial charge in [-0.05, 0) is 23.2 Å². The van der Waals surface area contributed by atoms with Crippen molar-refractivity contribution in [2.45, 2.75) is 0 Å². The summed E-state index contributed by atoms with van der Waals surface area (Å²) in [7, 11) is 0. The van der Waals surface area contributed by atoms with Gasteiger partial charge in [0, 0.05) is 17.0 Å². The molecule has 0 unspecified atom stereocenters. The highest BCUT2D eigenvalue weighted by molar-refractivity contribution is 5.94. The van der Waals surface area contributed by atoms with Crippen LogP contribution in [0.15, 0.2) is 35.5 Å². The number of benzene rings is 1. The molecule has 0 atom stereocenters. The fraction of sp³-hybridized carbons (Fsp3) is 0.100. The average molecular weight is 217 g/mol. The van der Waals surface area contributed by atoms with Crippen molar-refractivity contribution in [1.29, 1.82) is 0 Å². The molecule has 1 amide bonds. The first-order valence-electron chi connectivity index (χ1n) is 4.56. The van der Waals surface area contributed by atoms with E-state index in [4.69, 9.17) is 11.4 Å². The van der Waals surface area contributed by atoms with Crippen molar-refractivity contribution >= 4 is 12.0 Å². The van der Waals surface area contributed by atoms with Gasteiger partial charge in [-0.15, -0.1) is 0 Å². The fourth-order valence-electron chi connectivity index (χ4n) is 1.14. The summed E-state index contributed by atoms with van der Waals surface area (Å²) in [6.45, 7) is 0.282. The zero-order valence-corrected chi connectivity index (χ0v) is 8.50. The SMILES string of the molecule is [N-]=[N+]=NCC=Cc1cccc(C(=O)NN)c1. The monoisotopic (exact) mass is 217 g/mol. The van der Waals surface area contributed by atoms with Gasteiger partial charge in [-0.25, -0.2) is 5.84 Å². The lowest BCUT2D eigenvalue weighted by Crippen LogP contribution is -2.29. The molecule has 0 spiro atoms. The smallest absolute Gasteiger partial charge is 0.265 e. The van der Waals surface area contributed by atoms with Crippen molar-refractivity contribution in [3.05, 3.63) is 51.9 Å². The molecule has 0 aliphatic rings. The minimum atomic E-state index is -0.342. The molecule has 16 heavy (non-hydrogen) atoms. The summed E-state index contributed by atoms with van der Waals surface area (Å²) in [6.07, 6.45) is 3.47. The number of hydrogen-bond donors (Lipinski definition) is 2. The van der Waals surface area contributed by atoms with Gasteiger partial charge in [-0.2, -0.15) is 0 Å². The van der Waals surface area contributed by atoms with Gasteiger partial charge in [-0.3, -0.25) is 10.2 Å². The average Bonchev–Trinajstić information content (AvgIpc) is 2.34. The third-order valence-corrected chi connectivity index (χ3v) is 1.84. The molecule has 0 fully saturated rings. The van der Waals surface area contributed by atoms with Crippen molar-refractivity contribution in [3.63, 3.8) is 0 Å². The van der Waals surface area contributed by atoms with Crippen LogP contribution in [-0.2, 0) is 0 Å². The number of amides is 1. The Morgan fingerprint density at radius 2 is 2.44 bits per heavy atom. The number of nitrogens with two attached hydrogens (primary N) is 1. The number of carbonyl (C=O) groups is 1. The number of azide groups is 1. The molecule has 82 valence electrons. The van der Waals surface area contributed by atoms with E-state index >= 15 is 0 Å². The lowest BCUT2D eigenvalue weighted by Gasteiger charge is -2.00. The quantitative estimate of drug-likeness (QED) is 0.200. The number of hydrazine groups is 1. The summed E-state index contributed by atoms with van der Waals surface area (Å²) in [5.41, 5.74) is 11.4. The van der Waals surface area contributed by atoms with Crippen LogP contribution in [0.5, 0.6) is 0 Å². The lowest BCUT2D eigenvalue weighted by atomic mass is 10.1. The summed E-state index contributed by atoms with van der Waals surface area (Å²) >= 11 is 0. The molecule has 1 aromatic carbocycles. The maximum absolute atomic E-state index is 11.2. The van der Waals surface area contributed by atoms with Crippen LogP contribution in [-0.4, -0.2) is 12.5 Å². The fourth-order valence-corrected chi connectivity index (χ4v) is 1.14. The number of nitrogens with one attached hydrogen (secondary N) is 1. The molecule has 6 nitrogen and oxygen atoms in total. The molecule has 0 aliphatic carbocycles. The Morgan fingerprint density at radius 3 is 3.12 bits per heavy atom. The molecular weight excluding hydrogens is 206 g/mol. The van der Waals surface area contributed by atoms with Crippen LogP contribution in [0.1, 0.15) is 15.9 Å². The third-order valence-electron chi connectivity index (χ3n) is 1.84. The van der Waals surface area contributed by atoms with E-state index in [9.17, 15) is 4.79 Å². The zero-order chi connectivity index (χ0) is 11.8. The van der Waals surface area contributed by atoms with E-state index in [2.05, 4.69) is 15.5 Å². The van der Waals surface area contributed by atoms with Crippen molar-refractivity contribution in [3.8, 4) is 0 Å². The van der Waals surface area contributed by atoms with E-state index in [0.717, 1.165) is 5.56 Å². The van der Waals surface area contributed by atoms with Gasteiger partial charge in [0.25, 0.3) is 5.91 Å². The first-order chi connectivity index (χ1) is 7.77. The van der Waals surface area contributed by atoms with E-state index in [0.29, 0.717) is 5.56 Å². The summed E-state index contributed by atoms with van der Waals surface area (Å²) < 4.78 is 0. The van der Waals surface area contributed by atoms with Gasteiger partial charge >= 0.3 is 0 Å². The van der Waals surface area contributed by atoms with Crippen LogP contribution < -0.4 is 11.3 Å². The molecule has 0 bridgehead atoms. The van der Waals surface area contributed by atoms with E-state index in [1.165, 1.54) is 0 Å². The normalized spacial score (nSPS) is 9.81. The van der Waals surface area contributed by atoms with Crippen LogP contribution in [0.4, 0.5) is 0 Å². The summed E-state index contributed by atoms with van der Waals surface area (Å²) in [5, 5.41) is 3.36. The minimum Gasteiger partial charge on any atom is -0.290 e. The highest BCUT2D eigenvalue weighted by Gasteiger charge is 2.01. The van der Waals surface area contributed by atoms with E-state index in [1.807, 2.05) is 6.07 Å². The zero-order valence-electron chi connectivity index (χ0n) is 8.50. The Kier molecular flexibility index (Phi) is 4.59. The molecule has 0 heterocycles. The van der Waals surface area contributed by atoms with Crippen LogP contribution in [0.2, 0.25) is 0 Å². The molecule has 1 rings (SSSR count). The van der Waals surface area contributed by atoms with Crippen LogP contribution in [0.25, 0.3) is 16.5 Å². The van der Waals surface area contributed by atoms with Crippen molar-refractivity contribution in [2.75, 3.05) is 6.54 Å². The second kappa shape index (κ2) is 6.23. The number of rotatable bonds is 4. The Hall–Kier alpha value is -2.30. The molecule has 0 aromatic heterocycles. The topological polar surface area (TPSA) is 104 Å². The van der Waals surface area contributed by atoms with Crippen LogP contribution in [0.3, 0.4) is 0 Å². The molecular formula is C10H11N5O. The number of nitrogens with zero attached hydrogens (tertiary/aromatic N) is 3. The molecule has 0 aliphatic heterocycles. The van der Waals surface area contributed by atoms with E-state index in [-0.39, 0.29) is 12.5 Å². The van der Waals surface area contributed by atoms with E-state index < -0.39 is 0 Å². The van der Waals surface area contributed by atoms with Gasteiger partial charge in [0.2, 0.25) is 0 Å². The first kappa shape index (κ1) is 11.8. The van der Waals surface area contributed by atoms with Crippen molar-refractivity contribution in [2.24, 2.45) is 11.0 Å². The van der Waals surface area contributed by atoms with Crippen molar-refractivity contribution < 1.29 is 4.79 Å². The van der Waals surface area contributed by atoms with E-state index in [1.54, 1.807) is 30.4 Å². The first-order valence-corrected chi connectivity index (χ1v) is 4.56.